The smallest absolute Gasteiger partial charge is 0.296 e. The predicted octanol–water partition coefficient (Wildman–Crippen LogP) is 4.66. The van der Waals surface area contributed by atoms with E-state index >= 15 is 0 Å². The molecule has 3 rings (SSSR count). The molecule has 9 heteroatoms. The number of hydrogen-bond donors (Lipinski definition) is 3. The summed E-state index contributed by atoms with van der Waals surface area (Å²) in [7, 11) is -3.74. The Morgan fingerprint density at radius 2 is 1.72 bits per heavy atom. The van der Waals surface area contributed by atoms with Crippen LogP contribution in [0.15, 0.2) is 48.7 Å². The molecule has 0 aliphatic carbocycles. The summed E-state index contributed by atoms with van der Waals surface area (Å²) in [5.41, 5.74) is 2.65. The molecular formula is C20H26Cl2N4O2S. The van der Waals surface area contributed by atoms with E-state index in [4.69, 9.17) is 28.3 Å². The van der Waals surface area contributed by atoms with E-state index in [-0.39, 0.29) is 0 Å². The molecule has 1 heterocycles. The summed E-state index contributed by atoms with van der Waals surface area (Å²) in [5, 5.41) is 7.39. The lowest BCUT2D eigenvalue weighted by molar-refractivity contribution is 0.308. The molecule has 0 amide bonds. The van der Waals surface area contributed by atoms with E-state index in [9.17, 15) is 8.42 Å². The lowest BCUT2D eigenvalue weighted by Crippen LogP contribution is -2.25. The van der Waals surface area contributed by atoms with Crippen molar-refractivity contribution in [2.45, 2.75) is 20.3 Å². The number of hydrogen-bond acceptors (Lipinski definition) is 3. The molecule has 0 radical (unpaired) electrons. The minimum Gasteiger partial charge on any atom is -0.361 e. The van der Waals surface area contributed by atoms with Crippen molar-refractivity contribution < 1.29 is 8.42 Å². The van der Waals surface area contributed by atoms with Crippen LogP contribution < -0.4 is 9.86 Å². The van der Waals surface area contributed by atoms with Crippen molar-refractivity contribution in [3.63, 3.8) is 0 Å². The Morgan fingerprint density at radius 3 is 2.24 bits per heavy atom. The monoisotopic (exact) mass is 456 g/mol. The Labute approximate surface area is 182 Å². The molecule has 0 atom stereocenters. The quantitative estimate of drug-likeness (QED) is 0.482. The van der Waals surface area contributed by atoms with Gasteiger partial charge in [0, 0.05) is 33.7 Å². The fraction of sp³-hybridized carbons (Fsp3) is 0.300. The van der Waals surface area contributed by atoms with E-state index in [1.807, 2.05) is 24.4 Å². The van der Waals surface area contributed by atoms with Crippen LogP contribution in [0.1, 0.15) is 19.4 Å². The molecule has 3 aromatic rings. The molecule has 4 N–H and O–H groups in total. The number of aromatic nitrogens is 1. The molecule has 0 fully saturated rings. The van der Waals surface area contributed by atoms with Gasteiger partial charge < -0.3 is 9.88 Å². The zero-order valence-corrected chi connectivity index (χ0v) is 18.8. The largest absolute Gasteiger partial charge is 0.361 e. The minimum atomic E-state index is -3.74. The third kappa shape index (κ3) is 7.87. The van der Waals surface area contributed by atoms with Gasteiger partial charge in [-0.25, -0.2) is 5.14 Å². The second kappa shape index (κ2) is 10.8. The van der Waals surface area contributed by atoms with Crippen molar-refractivity contribution >= 4 is 50.0 Å². The van der Waals surface area contributed by atoms with Gasteiger partial charge in [0.15, 0.2) is 0 Å². The van der Waals surface area contributed by atoms with Crippen LogP contribution in [-0.4, -0.2) is 37.9 Å². The van der Waals surface area contributed by atoms with E-state index in [1.54, 1.807) is 24.3 Å². The van der Waals surface area contributed by atoms with Gasteiger partial charge in [0.1, 0.15) is 0 Å². The zero-order valence-electron chi connectivity index (χ0n) is 16.5. The van der Waals surface area contributed by atoms with Crippen LogP contribution in [0.5, 0.6) is 0 Å². The zero-order chi connectivity index (χ0) is 21.4. The lowest BCUT2D eigenvalue weighted by Gasteiger charge is -2.17. The fourth-order valence-corrected chi connectivity index (χ4v) is 3.78. The molecular weight excluding hydrogens is 431 g/mol. The van der Waals surface area contributed by atoms with Crippen molar-refractivity contribution in [1.29, 1.82) is 0 Å². The van der Waals surface area contributed by atoms with E-state index in [0.29, 0.717) is 15.7 Å². The molecule has 29 heavy (non-hydrogen) atoms. The van der Waals surface area contributed by atoms with Crippen molar-refractivity contribution in [2.75, 3.05) is 24.4 Å². The summed E-state index contributed by atoms with van der Waals surface area (Å²) in [6.45, 7) is 7.32. The Kier molecular flexibility index (Phi) is 8.79. The molecule has 6 nitrogen and oxygen atoms in total. The number of halogens is 2. The van der Waals surface area contributed by atoms with Crippen molar-refractivity contribution in [2.24, 2.45) is 5.14 Å². The maximum Gasteiger partial charge on any atom is 0.296 e. The van der Waals surface area contributed by atoms with E-state index in [1.165, 1.54) is 5.56 Å². The first kappa shape index (κ1) is 23.5. The summed E-state index contributed by atoms with van der Waals surface area (Å²) in [5.74, 6) is 0. The number of benzene rings is 2. The van der Waals surface area contributed by atoms with Gasteiger partial charge in [0.25, 0.3) is 10.2 Å². The summed E-state index contributed by atoms with van der Waals surface area (Å²) in [6.07, 6.45) is 2.90. The standard InChI is InChI=1S/C14H22N4O2S.C6H4Cl2/c1-3-18(4-2)8-7-11-10-16-14-6-5-12(9-13(11)14)17-21(15,19)20;7-5-2-1-3-6(8)4-5/h5-6,9-10,16-17H,3-4,7-8H2,1-2H3,(H2,15,19,20);1-4H. The van der Waals surface area contributed by atoms with Crippen LogP contribution in [0, 0.1) is 0 Å². The first-order valence-corrected chi connectivity index (χ1v) is 11.6. The summed E-state index contributed by atoms with van der Waals surface area (Å²) >= 11 is 11.1. The molecule has 0 aliphatic heterocycles. The normalized spacial score (nSPS) is 11.4. The van der Waals surface area contributed by atoms with Gasteiger partial charge in [-0.1, -0.05) is 43.1 Å². The van der Waals surface area contributed by atoms with Crippen LogP contribution in [-0.2, 0) is 16.6 Å². The van der Waals surface area contributed by atoms with E-state index in [0.717, 1.165) is 37.0 Å². The number of nitrogens with one attached hydrogen (secondary N) is 2. The van der Waals surface area contributed by atoms with Crippen molar-refractivity contribution in [3.05, 3.63) is 64.3 Å². The number of aromatic amines is 1. The molecule has 158 valence electrons. The first-order valence-electron chi connectivity index (χ1n) is 9.25. The number of likely N-dealkylation sites (N-methyl/N-ethyl adjacent to an activating group) is 1. The van der Waals surface area contributed by atoms with E-state index < -0.39 is 10.2 Å². The summed E-state index contributed by atoms with van der Waals surface area (Å²) < 4.78 is 24.5. The van der Waals surface area contributed by atoms with Gasteiger partial charge in [-0.15, -0.1) is 0 Å². The Bertz CT molecular complexity index is 1020. The van der Waals surface area contributed by atoms with Gasteiger partial charge in [-0.2, -0.15) is 8.42 Å². The average molecular weight is 457 g/mol. The topological polar surface area (TPSA) is 91.2 Å². The molecule has 1 aromatic heterocycles. The van der Waals surface area contributed by atoms with Gasteiger partial charge in [0.05, 0.1) is 5.69 Å². The van der Waals surface area contributed by atoms with Gasteiger partial charge >= 0.3 is 0 Å². The molecule has 2 aromatic carbocycles. The first-order chi connectivity index (χ1) is 13.7. The van der Waals surface area contributed by atoms with Gasteiger partial charge in [0.2, 0.25) is 0 Å². The highest BCUT2D eigenvalue weighted by Gasteiger charge is 2.08. The number of rotatable bonds is 7. The Morgan fingerprint density at radius 1 is 1.07 bits per heavy atom. The lowest BCUT2D eigenvalue weighted by atomic mass is 10.1. The Balaban J connectivity index is 0.000000313. The fourth-order valence-electron chi connectivity index (χ4n) is 2.89. The number of nitrogens with two attached hydrogens (primary N) is 1. The highest BCUT2D eigenvalue weighted by molar-refractivity contribution is 7.90. The predicted molar refractivity (Wildman–Crippen MR) is 123 cm³/mol. The highest BCUT2D eigenvalue weighted by atomic mass is 35.5. The van der Waals surface area contributed by atoms with Gasteiger partial charge in [-0.05, 0) is 61.5 Å². The summed E-state index contributed by atoms with van der Waals surface area (Å²) in [6, 6.07) is 12.4. The van der Waals surface area contributed by atoms with Crippen molar-refractivity contribution in [3.8, 4) is 0 Å². The molecule has 0 spiro atoms. The van der Waals surface area contributed by atoms with Crippen LogP contribution in [0.3, 0.4) is 0 Å². The second-order valence-corrected chi connectivity index (χ2v) is 8.61. The number of H-pyrrole nitrogens is 1. The van der Waals surface area contributed by atoms with Crippen LogP contribution in [0.25, 0.3) is 10.9 Å². The number of anilines is 1. The molecule has 0 unspecified atom stereocenters. The molecule has 0 bridgehead atoms. The van der Waals surface area contributed by atoms with E-state index in [2.05, 4.69) is 28.5 Å². The number of fused-ring (bicyclic) bond motifs is 1. The maximum atomic E-state index is 11.1. The minimum absolute atomic E-state index is 0.480. The van der Waals surface area contributed by atoms with Crippen LogP contribution in [0.4, 0.5) is 5.69 Å². The average Bonchev–Trinajstić information content (AvgIpc) is 3.04. The maximum absolute atomic E-state index is 11.1. The molecule has 0 saturated carbocycles. The molecule has 0 saturated heterocycles. The highest BCUT2D eigenvalue weighted by Crippen LogP contribution is 2.23. The van der Waals surface area contributed by atoms with Crippen LogP contribution >= 0.6 is 23.2 Å². The SMILES string of the molecule is CCN(CC)CCc1c[nH]c2ccc(NS(N)(=O)=O)cc12.Clc1cccc(Cl)c1. The summed E-state index contributed by atoms with van der Waals surface area (Å²) in [4.78, 5) is 5.56. The van der Waals surface area contributed by atoms with Crippen LogP contribution in [0.2, 0.25) is 10.0 Å². The van der Waals surface area contributed by atoms with Gasteiger partial charge in [-0.3, -0.25) is 4.72 Å². The Hall–Kier alpha value is -1.77. The third-order valence-electron chi connectivity index (χ3n) is 4.41. The number of nitrogens with zero attached hydrogens (tertiary/aromatic N) is 1. The molecule has 0 aliphatic rings. The second-order valence-electron chi connectivity index (χ2n) is 6.44. The van der Waals surface area contributed by atoms with Crippen molar-refractivity contribution in [1.82, 2.24) is 9.88 Å². The third-order valence-corrected chi connectivity index (χ3v) is 5.40.